The molecule has 26 heavy (non-hydrogen) atoms. The van der Waals surface area contributed by atoms with E-state index in [1.54, 1.807) is 6.07 Å². The van der Waals surface area contributed by atoms with Gasteiger partial charge in [0.25, 0.3) is 0 Å². The molecule has 0 amide bonds. The second-order valence-electron chi connectivity index (χ2n) is 6.61. The summed E-state index contributed by atoms with van der Waals surface area (Å²) in [7, 11) is 0. The molecule has 1 fully saturated rings. The monoisotopic (exact) mass is 364 g/mol. The highest BCUT2D eigenvalue weighted by Gasteiger charge is 2.33. The van der Waals surface area contributed by atoms with E-state index in [1.807, 2.05) is 13.0 Å². The standard InChI is InChI=1S/C19H23F3N4/c1-3-14-8-6-7-11-26(14)17-12-13(2)23-18(25-17)24-16-10-5-4-9-15(16)19(20,21)22/h4-5,9-10,12,14H,3,6-8,11H2,1-2H3,(H,23,24,25). The van der Waals surface area contributed by atoms with Crippen molar-refractivity contribution in [2.45, 2.75) is 51.7 Å². The molecule has 3 rings (SSSR count). The lowest BCUT2D eigenvalue weighted by Gasteiger charge is -2.36. The molecule has 1 aromatic carbocycles. The maximum atomic E-state index is 13.2. The van der Waals surface area contributed by atoms with Crippen LogP contribution in [0.2, 0.25) is 0 Å². The first-order valence-corrected chi connectivity index (χ1v) is 8.94. The number of hydrogen-bond donors (Lipinski definition) is 1. The summed E-state index contributed by atoms with van der Waals surface area (Å²) in [4.78, 5) is 11.0. The van der Waals surface area contributed by atoms with Crippen molar-refractivity contribution in [1.82, 2.24) is 9.97 Å². The number of aromatic nitrogens is 2. The van der Waals surface area contributed by atoms with Crippen molar-refractivity contribution >= 4 is 17.5 Å². The van der Waals surface area contributed by atoms with Crippen molar-refractivity contribution < 1.29 is 13.2 Å². The van der Waals surface area contributed by atoms with Crippen LogP contribution in [0.5, 0.6) is 0 Å². The highest BCUT2D eigenvalue weighted by Crippen LogP contribution is 2.35. The topological polar surface area (TPSA) is 41.1 Å². The number of benzene rings is 1. The number of halogens is 3. The molecule has 2 aromatic rings. The molecule has 1 unspecified atom stereocenters. The van der Waals surface area contributed by atoms with Crippen molar-refractivity contribution in [3.05, 3.63) is 41.6 Å². The molecule has 2 heterocycles. The highest BCUT2D eigenvalue weighted by atomic mass is 19.4. The fourth-order valence-corrected chi connectivity index (χ4v) is 3.44. The van der Waals surface area contributed by atoms with Crippen LogP contribution in [0.4, 0.5) is 30.6 Å². The molecule has 1 N–H and O–H groups in total. The van der Waals surface area contributed by atoms with Crippen LogP contribution in [0.3, 0.4) is 0 Å². The van der Waals surface area contributed by atoms with Crippen LogP contribution in [0.15, 0.2) is 30.3 Å². The lowest BCUT2D eigenvalue weighted by molar-refractivity contribution is -0.136. The van der Waals surface area contributed by atoms with E-state index >= 15 is 0 Å². The number of aryl methyl sites for hydroxylation is 1. The molecule has 1 saturated heterocycles. The second kappa shape index (κ2) is 7.51. The Morgan fingerprint density at radius 2 is 1.96 bits per heavy atom. The lowest BCUT2D eigenvalue weighted by Crippen LogP contribution is -2.39. The predicted octanol–water partition coefficient (Wildman–Crippen LogP) is 5.32. The predicted molar refractivity (Wildman–Crippen MR) is 96.8 cm³/mol. The molecule has 1 atom stereocenters. The number of para-hydroxylation sites is 1. The molecule has 4 nitrogen and oxygen atoms in total. The first-order valence-electron chi connectivity index (χ1n) is 8.94. The van der Waals surface area contributed by atoms with Crippen molar-refractivity contribution in [2.75, 3.05) is 16.8 Å². The number of hydrogen-bond acceptors (Lipinski definition) is 4. The van der Waals surface area contributed by atoms with Crippen molar-refractivity contribution in [2.24, 2.45) is 0 Å². The van der Waals surface area contributed by atoms with Gasteiger partial charge in [0.05, 0.1) is 11.3 Å². The summed E-state index contributed by atoms with van der Waals surface area (Å²) >= 11 is 0. The quantitative estimate of drug-likeness (QED) is 0.797. The minimum Gasteiger partial charge on any atom is -0.353 e. The van der Waals surface area contributed by atoms with Crippen molar-refractivity contribution in [3.63, 3.8) is 0 Å². The molecule has 1 aromatic heterocycles. The van der Waals surface area contributed by atoms with Crippen LogP contribution in [0.1, 0.15) is 43.9 Å². The Morgan fingerprint density at radius 3 is 2.69 bits per heavy atom. The van der Waals surface area contributed by atoms with E-state index in [0.29, 0.717) is 6.04 Å². The van der Waals surface area contributed by atoms with E-state index < -0.39 is 11.7 Å². The van der Waals surface area contributed by atoms with Gasteiger partial charge in [-0.05, 0) is 44.7 Å². The number of piperidine rings is 1. The minimum atomic E-state index is -4.43. The summed E-state index contributed by atoms with van der Waals surface area (Å²) in [5.41, 5.74) is -0.0410. The Balaban J connectivity index is 1.92. The highest BCUT2D eigenvalue weighted by molar-refractivity contribution is 5.61. The summed E-state index contributed by atoms with van der Waals surface area (Å²) in [6.45, 7) is 4.89. The Bertz CT molecular complexity index is 761. The molecular formula is C19H23F3N4. The zero-order valence-electron chi connectivity index (χ0n) is 15.0. The van der Waals surface area contributed by atoms with Gasteiger partial charge in [0.1, 0.15) is 5.82 Å². The smallest absolute Gasteiger partial charge is 0.353 e. The summed E-state index contributed by atoms with van der Waals surface area (Å²) < 4.78 is 39.6. The number of alkyl halides is 3. The fraction of sp³-hybridized carbons (Fsp3) is 0.474. The maximum Gasteiger partial charge on any atom is 0.418 e. The molecule has 0 saturated carbocycles. The van der Waals surface area contributed by atoms with E-state index in [-0.39, 0.29) is 11.6 Å². The zero-order chi connectivity index (χ0) is 18.7. The second-order valence-corrected chi connectivity index (χ2v) is 6.61. The first kappa shape index (κ1) is 18.5. The fourth-order valence-electron chi connectivity index (χ4n) is 3.44. The van der Waals surface area contributed by atoms with Crippen LogP contribution in [0, 0.1) is 6.92 Å². The molecule has 140 valence electrons. The molecule has 0 spiro atoms. The SMILES string of the molecule is CCC1CCCCN1c1cc(C)nc(Nc2ccccc2C(F)(F)F)n1. The van der Waals surface area contributed by atoms with Gasteiger partial charge < -0.3 is 10.2 Å². The maximum absolute atomic E-state index is 13.2. The van der Waals surface area contributed by atoms with E-state index in [0.717, 1.165) is 43.4 Å². The van der Waals surface area contributed by atoms with E-state index in [4.69, 9.17) is 0 Å². The average molecular weight is 364 g/mol. The van der Waals surface area contributed by atoms with Gasteiger partial charge in [-0.2, -0.15) is 18.2 Å². The third kappa shape index (κ3) is 4.08. The summed E-state index contributed by atoms with van der Waals surface area (Å²) in [5.74, 6) is 0.966. The van der Waals surface area contributed by atoms with Crippen LogP contribution in [-0.4, -0.2) is 22.6 Å². The van der Waals surface area contributed by atoms with Gasteiger partial charge in [-0.1, -0.05) is 19.1 Å². The summed E-state index contributed by atoms with van der Waals surface area (Å²) in [6, 6.07) is 7.69. The number of rotatable bonds is 4. The van der Waals surface area contributed by atoms with E-state index in [1.165, 1.54) is 18.6 Å². The van der Waals surface area contributed by atoms with Gasteiger partial charge in [-0.25, -0.2) is 4.98 Å². The van der Waals surface area contributed by atoms with E-state index in [9.17, 15) is 13.2 Å². The molecular weight excluding hydrogens is 341 g/mol. The molecule has 7 heteroatoms. The molecule has 0 bridgehead atoms. The van der Waals surface area contributed by atoms with Gasteiger partial charge in [0.2, 0.25) is 5.95 Å². The lowest BCUT2D eigenvalue weighted by atomic mass is 10.00. The largest absolute Gasteiger partial charge is 0.418 e. The van der Waals surface area contributed by atoms with Gasteiger partial charge in [-0.15, -0.1) is 0 Å². The third-order valence-electron chi connectivity index (χ3n) is 4.71. The normalized spacial score (nSPS) is 18.0. The van der Waals surface area contributed by atoms with Crippen LogP contribution >= 0.6 is 0 Å². The molecule has 0 radical (unpaired) electrons. The zero-order valence-corrected chi connectivity index (χ0v) is 15.0. The number of nitrogens with one attached hydrogen (secondary N) is 1. The van der Waals surface area contributed by atoms with Gasteiger partial charge in [-0.3, -0.25) is 0 Å². The number of nitrogens with zero attached hydrogens (tertiary/aromatic N) is 3. The molecule has 1 aliphatic heterocycles. The first-order chi connectivity index (χ1) is 12.4. The molecule has 0 aliphatic carbocycles. The van der Waals surface area contributed by atoms with Gasteiger partial charge in [0, 0.05) is 24.3 Å². The summed E-state index contributed by atoms with van der Waals surface area (Å²) in [5, 5.41) is 2.76. The number of anilines is 3. The van der Waals surface area contributed by atoms with Gasteiger partial charge >= 0.3 is 6.18 Å². The van der Waals surface area contributed by atoms with Crippen LogP contribution in [0.25, 0.3) is 0 Å². The Morgan fingerprint density at radius 1 is 1.19 bits per heavy atom. The Hall–Kier alpha value is -2.31. The van der Waals surface area contributed by atoms with Crippen LogP contribution < -0.4 is 10.2 Å². The van der Waals surface area contributed by atoms with Gasteiger partial charge in [0.15, 0.2) is 0 Å². The minimum absolute atomic E-state index is 0.0396. The van der Waals surface area contributed by atoms with Crippen molar-refractivity contribution in [1.29, 1.82) is 0 Å². The third-order valence-corrected chi connectivity index (χ3v) is 4.71. The Labute approximate surface area is 151 Å². The summed E-state index contributed by atoms with van der Waals surface area (Å²) in [6.07, 6.45) is -0.0132. The molecule has 1 aliphatic rings. The van der Waals surface area contributed by atoms with Crippen LogP contribution in [-0.2, 0) is 6.18 Å². The average Bonchev–Trinajstić information content (AvgIpc) is 2.60. The Kier molecular flexibility index (Phi) is 5.34. The van der Waals surface area contributed by atoms with Crippen molar-refractivity contribution in [3.8, 4) is 0 Å². The van der Waals surface area contributed by atoms with E-state index in [2.05, 4.69) is 27.1 Å².